The highest BCUT2D eigenvalue weighted by Gasteiger charge is 2.06. The third-order valence-electron chi connectivity index (χ3n) is 3.03. The summed E-state index contributed by atoms with van der Waals surface area (Å²) in [5.41, 5.74) is 3.76. The van der Waals surface area contributed by atoms with Gasteiger partial charge >= 0.3 is 0 Å². The van der Waals surface area contributed by atoms with Gasteiger partial charge in [-0.05, 0) is 6.07 Å². The average Bonchev–Trinajstić information content (AvgIpc) is 2.54. The van der Waals surface area contributed by atoms with E-state index in [1.54, 1.807) is 18.5 Å². The number of benzene rings is 2. The first-order chi connectivity index (χ1) is 10.3. The van der Waals surface area contributed by atoms with E-state index in [0.29, 0.717) is 5.02 Å². The number of nitrogens with zero attached hydrogens (tertiary/aromatic N) is 2. The minimum Gasteiger partial charge on any atom is -0.261 e. The molecule has 0 saturated heterocycles. The van der Waals surface area contributed by atoms with Gasteiger partial charge in [-0.25, -0.2) is 4.99 Å². The Hall–Kier alpha value is -2.45. The third-order valence-corrected chi connectivity index (χ3v) is 3.23. The van der Waals surface area contributed by atoms with Crippen LogP contribution in [0.5, 0.6) is 0 Å². The average molecular weight is 293 g/mol. The van der Waals surface area contributed by atoms with E-state index in [9.17, 15) is 0 Å². The Kier molecular flexibility index (Phi) is 4.08. The Balaban J connectivity index is 2.13. The van der Waals surface area contributed by atoms with Gasteiger partial charge in [0.1, 0.15) is 0 Å². The summed E-state index contributed by atoms with van der Waals surface area (Å²) in [7, 11) is 0. The molecule has 0 aliphatic carbocycles. The van der Waals surface area contributed by atoms with Crippen molar-refractivity contribution < 1.29 is 0 Å². The van der Waals surface area contributed by atoms with Crippen molar-refractivity contribution in [1.29, 1.82) is 0 Å². The van der Waals surface area contributed by atoms with Gasteiger partial charge < -0.3 is 0 Å². The van der Waals surface area contributed by atoms with Gasteiger partial charge in [0.25, 0.3) is 0 Å². The molecule has 3 aromatic rings. The van der Waals surface area contributed by atoms with Gasteiger partial charge in [0.05, 0.1) is 22.6 Å². The fourth-order valence-corrected chi connectivity index (χ4v) is 2.25. The number of hydrogen-bond donors (Lipinski definition) is 0. The van der Waals surface area contributed by atoms with E-state index in [1.807, 2.05) is 60.7 Å². The van der Waals surface area contributed by atoms with E-state index in [-0.39, 0.29) is 0 Å². The second-order valence-corrected chi connectivity index (χ2v) is 4.99. The second kappa shape index (κ2) is 6.33. The zero-order valence-electron chi connectivity index (χ0n) is 11.3. The van der Waals surface area contributed by atoms with Gasteiger partial charge in [0.2, 0.25) is 0 Å². The Labute approximate surface area is 128 Å². The van der Waals surface area contributed by atoms with Crippen molar-refractivity contribution in [2.75, 3.05) is 0 Å². The predicted molar refractivity (Wildman–Crippen MR) is 87.4 cm³/mol. The SMILES string of the molecule is Clc1cncc(N=C(c2ccccc2)c2ccccc2)c1. The molecule has 0 fully saturated rings. The first kappa shape index (κ1) is 13.5. The maximum atomic E-state index is 5.99. The van der Waals surface area contributed by atoms with Gasteiger partial charge in [-0.15, -0.1) is 0 Å². The lowest BCUT2D eigenvalue weighted by Crippen LogP contribution is -2.02. The number of hydrogen-bond acceptors (Lipinski definition) is 2. The molecule has 0 N–H and O–H groups in total. The van der Waals surface area contributed by atoms with Crippen molar-refractivity contribution in [1.82, 2.24) is 4.98 Å². The van der Waals surface area contributed by atoms with Crippen LogP contribution < -0.4 is 0 Å². The topological polar surface area (TPSA) is 25.2 Å². The molecule has 1 aromatic heterocycles. The van der Waals surface area contributed by atoms with Gasteiger partial charge in [-0.3, -0.25) is 4.98 Å². The highest BCUT2D eigenvalue weighted by Crippen LogP contribution is 2.20. The molecule has 102 valence electrons. The number of aromatic nitrogens is 1. The van der Waals surface area contributed by atoms with Crippen LogP contribution in [0.1, 0.15) is 11.1 Å². The molecule has 0 spiro atoms. The van der Waals surface area contributed by atoms with E-state index < -0.39 is 0 Å². The molecular weight excluding hydrogens is 280 g/mol. The smallest absolute Gasteiger partial charge is 0.0835 e. The number of rotatable bonds is 3. The number of pyridine rings is 1. The Morgan fingerprint density at radius 3 is 1.90 bits per heavy atom. The van der Waals surface area contributed by atoms with Crippen LogP contribution in [0, 0.1) is 0 Å². The highest BCUT2D eigenvalue weighted by atomic mass is 35.5. The molecule has 0 radical (unpaired) electrons. The molecule has 2 aromatic carbocycles. The molecule has 0 unspecified atom stereocenters. The quantitative estimate of drug-likeness (QED) is 0.630. The van der Waals surface area contributed by atoms with Gasteiger partial charge in [0.15, 0.2) is 0 Å². The Bertz CT molecular complexity index is 711. The lowest BCUT2D eigenvalue weighted by molar-refractivity contribution is 1.30. The fourth-order valence-electron chi connectivity index (χ4n) is 2.08. The Morgan fingerprint density at radius 1 is 0.810 bits per heavy atom. The number of halogens is 1. The van der Waals surface area contributed by atoms with Crippen LogP contribution >= 0.6 is 11.6 Å². The van der Waals surface area contributed by atoms with E-state index in [4.69, 9.17) is 16.6 Å². The normalized spacial score (nSPS) is 10.1. The first-order valence-corrected chi connectivity index (χ1v) is 7.01. The lowest BCUT2D eigenvalue weighted by atomic mass is 10.0. The zero-order chi connectivity index (χ0) is 14.5. The molecule has 1 heterocycles. The van der Waals surface area contributed by atoms with Crippen molar-refractivity contribution in [2.45, 2.75) is 0 Å². The van der Waals surface area contributed by atoms with Gasteiger partial charge in [-0.1, -0.05) is 72.3 Å². The molecule has 3 rings (SSSR count). The van der Waals surface area contributed by atoms with E-state index in [0.717, 1.165) is 22.5 Å². The van der Waals surface area contributed by atoms with Crippen LogP contribution in [0.15, 0.2) is 84.1 Å². The van der Waals surface area contributed by atoms with Crippen molar-refractivity contribution >= 4 is 23.0 Å². The van der Waals surface area contributed by atoms with Crippen LogP contribution in [-0.4, -0.2) is 10.7 Å². The molecule has 2 nitrogen and oxygen atoms in total. The predicted octanol–water partition coefficient (Wildman–Crippen LogP) is 4.90. The van der Waals surface area contributed by atoms with Gasteiger partial charge in [0, 0.05) is 17.3 Å². The molecule has 0 saturated carbocycles. The van der Waals surface area contributed by atoms with Crippen molar-refractivity contribution in [3.05, 3.63) is 95.3 Å². The summed E-state index contributed by atoms with van der Waals surface area (Å²) < 4.78 is 0. The summed E-state index contributed by atoms with van der Waals surface area (Å²) in [6.07, 6.45) is 3.31. The lowest BCUT2D eigenvalue weighted by Gasteiger charge is -2.07. The van der Waals surface area contributed by atoms with Crippen LogP contribution in [0.2, 0.25) is 5.02 Å². The Morgan fingerprint density at radius 2 is 1.38 bits per heavy atom. The minimum atomic E-state index is 0.580. The van der Waals surface area contributed by atoms with Gasteiger partial charge in [-0.2, -0.15) is 0 Å². The van der Waals surface area contributed by atoms with Crippen molar-refractivity contribution in [3.63, 3.8) is 0 Å². The molecule has 21 heavy (non-hydrogen) atoms. The molecule has 0 amide bonds. The molecule has 0 aliphatic heterocycles. The van der Waals surface area contributed by atoms with Crippen LogP contribution in [-0.2, 0) is 0 Å². The van der Waals surface area contributed by atoms with E-state index in [1.165, 1.54) is 0 Å². The summed E-state index contributed by atoms with van der Waals surface area (Å²) in [5.74, 6) is 0. The maximum absolute atomic E-state index is 5.99. The second-order valence-electron chi connectivity index (χ2n) is 4.55. The molecular formula is C18H13ClN2. The summed E-state index contributed by atoms with van der Waals surface area (Å²) in [5, 5.41) is 0.580. The molecule has 0 bridgehead atoms. The standard InChI is InChI=1S/C18H13ClN2/c19-16-11-17(13-20-12-16)21-18(14-7-3-1-4-8-14)15-9-5-2-6-10-15/h1-13H. The maximum Gasteiger partial charge on any atom is 0.0835 e. The van der Waals surface area contributed by atoms with Crippen molar-refractivity contribution in [3.8, 4) is 0 Å². The summed E-state index contributed by atoms with van der Waals surface area (Å²) in [6, 6.07) is 22.0. The summed E-state index contributed by atoms with van der Waals surface area (Å²) in [4.78, 5) is 8.82. The molecule has 0 aliphatic rings. The third kappa shape index (κ3) is 3.36. The van der Waals surface area contributed by atoms with Crippen LogP contribution in [0.25, 0.3) is 0 Å². The monoisotopic (exact) mass is 292 g/mol. The highest BCUT2D eigenvalue weighted by molar-refractivity contribution is 6.30. The molecule has 0 atom stereocenters. The van der Waals surface area contributed by atoms with Crippen LogP contribution in [0.3, 0.4) is 0 Å². The first-order valence-electron chi connectivity index (χ1n) is 6.63. The van der Waals surface area contributed by atoms with Crippen LogP contribution in [0.4, 0.5) is 5.69 Å². The fraction of sp³-hybridized carbons (Fsp3) is 0. The molecule has 3 heteroatoms. The summed E-state index contributed by atoms with van der Waals surface area (Å²) in [6.45, 7) is 0. The van der Waals surface area contributed by atoms with E-state index in [2.05, 4.69) is 4.98 Å². The summed E-state index contributed by atoms with van der Waals surface area (Å²) >= 11 is 5.99. The van der Waals surface area contributed by atoms with Crippen molar-refractivity contribution in [2.24, 2.45) is 4.99 Å². The zero-order valence-corrected chi connectivity index (χ0v) is 12.0. The number of aliphatic imine (C=N–C) groups is 1. The minimum absolute atomic E-state index is 0.580. The van der Waals surface area contributed by atoms with E-state index >= 15 is 0 Å². The largest absolute Gasteiger partial charge is 0.261 e.